The van der Waals surface area contributed by atoms with E-state index in [0.29, 0.717) is 25.6 Å². The Bertz CT molecular complexity index is 623. The Morgan fingerprint density at radius 1 is 1.11 bits per heavy atom. The smallest absolute Gasteiger partial charge is 0.167 e. The zero-order chi connectivity index (χ0) is 14.0. The molecule has 0 N–H and O–H groups in total. The Labute approximate surface area is 128 Å². The van der Waals surface area contributed by atoms with Crippen LogP contribution in [-0.4, -0.2) is 5.78 Å². The summed E-state index contributed by atoms with van der Waals surface area (Å²) in [6.45, 7) is 0. The van der Waals surface area contributed by atoms with E-state index in [1.54, 1.807) is 24.3 Å². The molecule has 98 valence electrons. The lowest BCUT2D eigenvalue weighted by atomic mass is 10.0. The maximum Gasteiger partial charge on any atom is 0.167 e. The van der Waals surface area contributed by atoms with E-state index in [4.69, 9.17) is 23.2 Å². The summed E-state index contributed by atoms with van der Waals surface area (Å²) >= 11 is 14.8. The lowest BCUT2D eigenvalue weighted by Crippen LogP contribution is -2.05. The Balaban J connectivity index is 2.25. The topological polar surface area (TPSA) is 17.1 Å². The van der Waals surface area contributed by atoms with E-state index in [0.717, 1.165) is 0 Å². The van der Waals surface area contributed by atoms with Crippen molar-refractivity contribution in [3.63, 3.8) is 0 Å². The van der Waals surface area contributed by atoms with Gasteiger partial charge in [0.1, 0.15) is 5.82 Å². The third-order valence-electron chi connectivity index (χ3n) is 2.55. The van der Waals surface area contributed by atoms with Gasteiger partial charge in [-0.2, -0.15) is 0 Å². The molecule has 0 saturated heterocycles. The molecule has 0 aliphatic heterocycles. The number of halogens is 4. The summed E-state index contributed by atoms with van der Waals surface area (Å²) in [7, 11) is 0. The monoisotopic (exact) mass is 360 g/mol. The van der Waals surface area contributed by atoms with Crippen LogP contribution in [0.2, 0.25) is 10.0 Å². The van der Waals surface area contributed by atoms with Crippen LogP contribution in [0.1, 0.15) is 15.9 Å². The maximum atomic E-state index is 13.6. The molecular weight excluding hydrogens is 354 g/mol. The molecule has 2 aromatic carbocycles. The van der Waals surface area contributed by atoms with E-state index in [1.807, 2.05) is 0 Å². The van der Waals surface area contributed by atoms with Crippen molar-refractivity contribution in [3.8, 4) is 0 Å². The molecule has 0 atom stereocenters. The molecule has 0 saturated carbocycles. The maximum absolute atomic E-state index is 13.6. The van der Waals surface area contributed by atoms with Crippen molar-refractivity contribution in [2.75, 3.05) is 0 Å². The number of carbonyl (C=O) groups excluding carboxylic acids is 1. The quantitative estimate of drug-likeness (QED) is 0.676. The molecular formula is C14H8BrCl2FO. The molecule has 2 aromatic rings. The molecule has 19 heavy (non-hydrogen) atoms. The zero-order valence-electron chi connectivity index (χ0n) is 9.59. The number of benzene rings is 2. The van der Waals surface area contributed by atoms with Gasteiger partial charge in [-0.3, -0.25) is 4.79 Å². The van der Waals surface area contributed by atoms with Gasteiger partial charge in [0.15, 0.2) is 5.78 Å². The Morgan fingerprint density at radius 2 is 1.84 bits per heavy atom. The molecule has 5 heteroatoms. The predicted molar refractivity (Wildman–Crippen MR) is 78.6 cm³/mol. The number of rotatable bonds is 3. The van der Waals surface area contributed by atoms with Gasteiger partial charge in [0.05, 0.1) is 0 Å². The Kier molecular flexibility index (Phi) is 4.61. The summed E-state index contributed by atoms with van der Waals surface area (Å²) in [4.78, 5) is 12.1. The van der Waals surface area contributed by atoms with Crippen LogP contribution in [0.5, 0.6) is 0 Å². The second-order valence-corrected chi connectivity index (χ2v) is 5.78. The molecule has 0 amide bonds. The minimum absolute atomic E-state index is 0.0320. The Hall–Kier alpha value is -0.900. The Morgan fingerprint density at radius 3 is 2.47 bits per heavy atom. The van der Waals surface area contributed by atoms with Crippen molar-refractivity contribution in [3.05, 3.63) is 67.9 Å². The normalized spacial score (nSPS) is 10.5. The first-order valence-electron chi connectivity index (χ1n) is 5.39. The lowest BCUT2D eigenvalue weighted by Gasteiger charge is -2.05. The molecule has 0 unspecified atom stereocenters. The van der Waals surface area contributed by atoms with Gasteiger partial charge >= 0.3 is 0 Å². The van der Waals surface area contributed by atoms with Crippen LogP contribution in [0.25, 0.3) is 0 Å². The SMILES string of the molecule is O=C(Cc1ccc(Cl)cc1F)c1cc(Cl)cc(Br)c1. The summed E-state index contributed by atoms with van der Waals surface area (Å²) in [5.41, 5.74) is 0.749. The number of Topliss-reactive ketones (excluding diaryl/α,β-unsaturated/α-hetero) is 1. The summed E-state index contributed by atoms with van der Waals surface area (Å²) in [6.07, 6.45) is -0.0320. The largest absolute Gasteiger partial charge is 0.294 e. The molecule has 0 spiro atoms. The van der Waals surface area contributed by atoms with Gasteiger partial charge in [-0.25, -0.2) is 4.39 Å². The molecule has 1 nitrogen and oxygen atoms in total. The second kappa shape index (κ2) is 6.04. The van der Waals surface area contributed by atoms with Gasteiger partial charge in [0.25, 0.3) is 0 Å². The average Bonchev–Trinajstić information content (AvgIpc) is 2.31. The fraction of sp³-hybridized carbons (Fsp3) is 0.0714. The molecule has 2 rings (SSSR count). The van der Waals surface area contributed by atoms with Crippen LogP contribution in [-0.2, 0) is 6.42 Å². The van der Waals surface area contributed by atoms with Gasteiger partial charge < -0.3 is 0 Å². The van der Waals surface area contributed by atoms with Crippen LogP contribution >= 0.6 is 39.1 Å². The van der Waals surface area contributed by atoms with Crippen LogP contribution in [0.15, 0.2) is 40.9 Å². The predicted octanol–water partition coefficient (Wildman–Crippen LogP) is 5.32. The van der Waals surface area contributed by atoms with E-state index >= 15 is 0 Å². The first-order valence-corrected chi connectivity index (χ1v) is 6.94. The van der Waals surface area contributed by atoms with Gasteiger partial charge in [0, 0.05) is 26.5 Å². The molecule has 0 aliphatic rings. The van der Waals surface area contributed by atoms with E-state index in [9.17, 15) is 9.18 Å². The van der Waals surface area contributed by atoms with Crippen LogP contribution in [0, 0.1) is 5.82 Å². The van der Waals surface area contributed by atoms with Crippen molar-refractivity contribution in [2.45, 2.75) is 6.42 Å². The third-order valence-corrected chi connectivity index (χ3v) is 3.46. The minimum atomic E-state index is -0.484. The lowest BCUT2D eigenvalue weighted by molar-refractivity contribution is 0.0992. The summed E-state index contributed by atoms with van der Waals surface area (Å²) in [5, 5.41) is 0.758. The highest BCUT2D eigenvalue weighted by atomic mass is 79.9. The number of ketones is 1. The highest BCUT2D eigenvalue weighted by molar-refractivity contribution is 9.10. The highest BCUT2D eigenvalue weighted by Crippen LogP contribution is 2.22. The van der Waals surface area contributed by atoms with Crippen molar-refractivity contribution < 1.29 is 9.18 Å². The van der Waals surface area contributed by atoms with Gasteiger partial charge in [-0.15, -0.1) is 0 Å². The van der Waals surface area contributed by atoms with Gasteiger partial charge in [-0.05, 0) is 35.9 Å². The fourth-order valence-electron chi connectivity index (χ4n) is 1.65. The number of hydrogen-bond donors (Lipinski definition) is 0. The number of carbonyl (C=O) groups is 1. The first kappa shape index (κ1) is 14.5. The van der Waals surface area contributed by atoms with Crippen LogP contribution in [0.4, 0.5) is 4.39 Å². The van der Waals surface area contributed by atoms with E-state index < -0.39 is 5.82 Å². The van der Waals surface area contributed by atoms with E-state index in [-0.39, 0.29) is 12.2 Å². The van der Waals surface area contributed by atoms with Gasteiger partial charge in [-0.1, -0.05) is 45.2 Å². The molecule has 0 aliphatic carbocycles. The third kappa shape index (κ3) is 3.78. The molecule has 0 radical (unpaired) electrons. The standard InChI is InChI=1S/C14H8BrCl2FO/c15-10-3-9(4-12(17)6-10)14(19)5-8-1-2-11(16)7-13(8)18/h1-4,6-7H,5H2. The summed E-state index contributed by atoms with van der Waals surface area (Å²) < 4.78 is 14.3. The van der Waals surface area contributed by atoms with Gasteiger partial charge in [0.2, 0.25) is 0 Å². The number of hydrogen-bond acceptors (Lipinski definition) is 1. The van der Waals surface area contributed by atoms with Crippen LogP contribution in [0.3, 0.4) is 0 Å². The van der Waals surface area contributed by atoms with Crippen molar-refractivity contribution in [1.29, 1.82) is 0 Å². The second-order valence-electron chi connectivity index (χ2n) is 3.99. The molecule has 0 bridgehead atoms. The van der Waals surface area contributed by atoms with E-state index in [2.05, 4.69) is 15.9 Å². The van der Waals surface area contributed by atoms with E-state index in [1.165, 1.54) is 12.1 Å². The minimum Gasteiger partial charge on any atom is -0.294 e. The average molecular weight is 362 g/mol. The molecule has 0 aromatic heterocycles. The fourth-order valence-corrected chi connectivity index (χ4v) is 2.67. The molecule has 0 fully saturated rings. The van der Waals surface area contributed by atoms with Crippen molar-refractivity contribution in [1.82, 2.24) is 0 Å². The highest BCUT2D eigenvalue weighted by Gasteiger charge is 2.12. The van der Waals surface area contributed by atoms with Crippen molar-refractivity contribution >= 4 is 44.9 Å². The van der Waals surface area contributed by atoms with Crippen molar-refractivity contribution in [2.24, 2.45) is 0 Å². The summed E-state index contributed by atoms with van der Waals surface area (Å²) in [6, 6.07) is 9.15. The zero-order valence-corrected chi connectivity index (χ0v) is 12.7. The first-order chi connectivity index (χ1) is 8.95. The van der Waals surface area contributed by atoms with Crippen LogP contribution < -0.4 is 0 Å². The summed E-state index contributed by atoms with van der Waals surface area (Å²) in [5.74, 6) is -0.689. The molecule has 0 heterocycles.